The first-order chi connectivity index (χ1) is 36.2. The molecule has 0 aromatic heterocycles. The number of hydrogen-bond acceptors (Lipinski definition) is 10. The van der Waals surface area contributed by atoms with Gasteiger partial charge in [-0.3, -0.25) is 4.79 Å². The summed E-state index contributed by atoms with van der Waals surface area (Å²) in [5.41, 5.74) is 0. The van der Waals surface area contributed by atoms with E-state index in [0.717, 1.165) is 51.4 Å². The third kappa shape index (κ3) is 39.4. The Hall–Kier alpha value is -1.93. The van der Waals surface area contributed by atoms with E-state index in [2.05, 4.69) is 67.8 Å². The lowest BCUT2D eigenvalue weighted by Crippen LogP contribution is -2.60. The second-order valence-electron chi connectivity index (χ2n) is 21.8. The van der Waals surface area contributed by atoms with E-state index < -0.39 is 74.2 Å². The minimum atomic E-state index is -1.67. The van der Waals surface area contributed by atoms with Crippen molar-refractivity contribution in [3.63, 3.8) is 0 Å². The van der Waals surface area contributed by atoms with Gasteiger partial charge in [0.05, 0.1) is 25.4 Å². The highest BCUT2D eigenvalue weighted by molar-refractivity contribution is 5.80. The van der Waals surface area contributed by atoms with Gasteiger partial charge >= 0.3 is 0 Å². The van der Waals surface area contributed by atoms with Crippen LogP contribution in [0.4, 0.5) is 0 Å². The van der Waals surface area contributed by atoms with Crippen LogP contribution in [0.3, 0.4) is 0 Å². The maximum absolute atomic E-state index is 13.2. The van der Waals surface area contributed by atoms with Crippen LogP contribution in [0.1, 0.15) is 277 Å². The zero-order valence-electron chi connectivity index (χ0n) is 47.6. The summed E-state index contributed by atoms with van der Waals surface area (Å²) in [6.45, 7) is 3.43. The molecule has 1 fully saturated rings. The lowest BCUT2D eigenvalue weighted by atomic mass is 9.98. The van der Waals surface area contributed by atoms with Crippen LogP contribution in [0.25, 0.3) is 0 Å². The highest BCUT2D eigenvalue weighted by atomic mass is 16.7. The van der Waals surface area contributed by atoms with Gasteiger partial charge in [-0.2, -0.15) is 0 Å². The molecular weight excluding hydrogens is 931 g/mol. The number of allylic oxidation sites excluding steroid dienone is 8. The zero-order valence-corrected chi connectivity index (χ0v) is 47.6. The minimum absolute atomic E-state index is 0.244. The topological polar surface area (TPSA) is 189 Å². The summed E-state index contributed by atoms with van der Waals surface area (Å²) in [5, 5.41) is 76.2. The van der Waals surface area contributed by atoms with Gasteiger partial charge in [-0.25, -0.2) is 0 Å². The van der Waals surface area contributed by atoms with Gasteiger partial charge in [-0.15, -0.1) is 0 Å². The van der Waals surface area contributed by atoms with Gasteiger partial charge in [0.15, 0.2) is 6.29 Å². The molecule has 8 N–H and O–H groups in total. The Morgan fingerprint density at radius 3 is 1.31 bits per heavy atom. The summed E-state index contributed by atoms with van der Waals surface area (Å²) >= 11 is 0. The molecule has 9 atom stereocenters. The summed E-state index contributed by atoms with van der Waals surface area (Å²) < 4.78 is 11.1. The Morgan fingerprint density at radius 2 is 0.851 bits per heavy atom. The van der Waals surface area contributed by atoms with Crippen LogP contribution in [-0.4, -0.2) is 110 Å². The molecule has 0 aliphatic carbocycles. The maximum Gasteiger partial charge on any atom is 0.249 e. The van der Waals surface area contributed by atoms with Crippen molar-refractivity contribution in [1.29, 1.82) is 0 Å². The van der Waals surface area contributed by atoms with Crippen molar-refractivity contribution < 1.29 is 50.0 Å². The van der Waals surface area contributed by atoms with Gasteiger partial charge in [-0.1, -0.05) is 249 Å². The number of carbonyl (C=O) groups excluding carboxylic acids is 1. The normalized spacial score (nSPS) is 20.1. The van der Waals surface area contributed by atoms with Crippen molar-refractivity contribution in [3.8, 4) is 0 Å². The quantitative estimate of drug-likeness (QED) is 0.0165. The number of amides is 1. The zero-order chi connectivity index (χ0) is 54.0. The number of unbranched alkanes of at least 4 members (excludes halogenated alkanes) is 34. The summed E-state index contributed by atoms with van der Waals surface area (Å²) in [6.07, 6.45) is 54.6. The number of rotatable bonds is 53. The SMILES string of the molecule is CCCCC/C=C\C=C/CCCCCCCCCCCC(O)C(=O)NC(COC1OC(CO)C(O)C(O)C1O)C(O)C(O)CCC/C=C/CC/C=C/CCCCCCCCCCCCCCCCCCCCCC. The Bertz CT molecular complexity index is 1340. The van der Waals surface area contributed by atoms with E-state index in [1.165, 1.54) is 180 Å². The number of aliphatic hydroxyl groups is 7. The van der Waals surface area contributed by atoms with Crippen molar-refractivity contribution in [2.45, 2.75) is 332 Å². The lowest BCUT2D eigenvalue weighted by Gasteiger charge is -2.40. The molecule has 1 heterocycles. The van der Waals surface area contributed by atoms with Crippen LogP contribution in [0.15, 0.2) is 48.6 Å². The number of nitrogens with one attached hydrogen (secondary N) is 1. The molecule has 1 saturated heterocycles. The van der Waals surface area contributed by atoms with Gasteiger partial charge in [0.25, 0.3) is 0 Å². The standard InChI is InChI=1S/C63H117NO10/c1-3-5-7-9-11-13-15-17-19-21-23-24-25-26-27-28-29-30-31-32-33-35-36-38-40-42-44-46-48-50-55(66)58(68)54(53-73-63-61(71)60(70)59(69)57(52-65)74-63)64-62(72)56(67)51-49-47-45-43-41-39-37-34-22-20-18-16-14-12-10-8-6-4-2/h12,14,16,18,35-36,42,44,54-61,63,65-71H,3-11,13,15,17,19-34,37-41,43,45-53H2,1-2H3,(H,64,72)/b14-12-,18-16-,36-35+,44-42+. The first-order valence-electron chi connectivity index (χ1n) is 31.1. The minimum Gasteiger partial charge on any atom is -0.394 e. The molecular formula is C63H117NO10. The molecule has 74 heavy (non-hydrogen) atoms. The van der Waals surface area contributed by atoms with E-state index in [1.807, 2.05) is 0 Å². The average molecular weight is 1050 g/mol. The average Bonchev–Trinajstić information content (AvgIpc) is 3.40. The van der Waals surface area contributed by atoms with E-state index in [1.54, 1.807) is 0 Å². The molecule has 1 amide bonds. The third-order valence-electron chi connectivity index (χ3n) is 14.9. The number of hydrogen-bond donors (Lipinski definition) is 8. The van der Waals surface area contributed by atoms with E-state index in [0.29, 0.717) is 19.3 Å². The monoisotopic (exact) mass is 1050 g/mol. The van der Waals surface area contributed by atoms with Crippen molar-refractivity contribution in [2.24, 2.45) is 0 Å². The molecule has 9 unspecified atom stereocenters. The van der Waals surface area contributed by atoms with Crippen LogP contribution in [0, 0.1) is 0 Å². The fourth-order valence-electron chi connectivity index (χ4n) is 9.80. The van der Waals surface area contributed by atoms with Gasteiger partial charge in [0, 0.05) is 0 Å². The molecule has 1 aliphatic rings. The fourth-order valence-corrected chi connectivity index (χ4v) is 9.80. The fraction of sp³-hybridized carbons (Fsp3) is 0.857. The highest BCUT2D eigenvalue weighted by Gasteiger charge is 2.44. The van der Waals surface area contributed by atoms with Crippen molar-refractivity contribution in [3.05, 3.63) is 48.6 Å². The van der Waals surface area contributed by atoms with Crippen LogP contribution < -0.4 is 5.32 Å². The second kappa shape index (κ2) is 51.8. The van der Waals surface area contributed by atoms with Crippen LogP contribution in [0.5, 0.6) is 0 Å². The summed E-state index contributed by atoms with van der Waals surface area (Å²) in [4.78, 5) is 13.2. The maximum atomic E-state index is 13.2. The van der Waals surface area contributed by atoms with Crippen LogP contribution in [-0.2, 0) is 14.3 Å². The molecule has 11 nitrogen and oxygen atoms in total. The molecule has 0 radical (unpaired) electrons. The molecule has 0 saturated carbocycles. The van der Waals surface area contributed by atoms with E-state index in [-0.39, 0.29) is 12.8 Å². The Balaban J connectivity index is 2.29. The van der Waals surface area contributed by atoms with Crippen molar-refractivity contribution in [1.82, 2.24) is 5.32 Å². The third-order valence-corrected chi connectivity index (χ3v) is 14.9. The smallest absolute Gasteiger partial charge is 0.249 e. The molecule has 0 bridgehead atoms. The van der Waals surface area contributed by atoms with Crippen LogP contribution in [0.2, 0.25) is 0 Å². The molecule has 434 valence electrons. The highest BCUT2D eigenvalue weighted by Crippen LogP contribution is 2.23. The van der Waals surface area contributed by atoms with Gasteiger partial charge in [0.1, 0.15) is 36.6 Å². The Kier molecular flexibility index (Phi) is 49.1. The molecule has 0 aromatic rings. The van der Waals surface area contributed by atoms with E-state index >= 15 is 0 Å². The number of aliphatic hydroxyl groups excluding tert-OH is 7. The van der Waals surface area contributed by atoms with Crippen molar-refractivity contribution >= 4 is 5.91 Å². The Morgan fingerprint density at radius 1 is 0.473 bits per heavy atom. The molecule has 11 heteroatoms. The number of carbonyl (C=O) groups is 1. The Labute approximate surface area is 453 Å². The molecule has 0 aromatic carbocycles. The van der Waals surface area contributed by atoms with Gasteiger partial charge in [0.2, 0.25) is 5.91 Å². The number of ether oxygens (including phenoxy) is 2. The molecule has 0 spiro atoms. The van der Waals surface area contributed by atoms with Gasteiger partial charge in [-0.05, 0) is 77.0 Å². The first-order valence-corrected chi connectivity index (χ1v) is 31.1. The second-order valence-corrected chi connectivity index (χ2v) is 21.8. The van der Waals surface area contributed by atoms with E-state index in [9.17, 15) is 40.5 Å². The largest absolute Gasteiger partial charge is 0.394 e. The molecule has 1 aliphatic heterocycles. The van der Waals surface area contributed by atoms with Crippen LogP contribution >= 0.6 is 0 Å². The summed E-state index contributed by atoms with van der Waals surface area (Å²) in [5.74, 6) is -0.714. The van der Waals surface area contributed by atoms with Gasteiger partial charge < -0.3 is 50.5 Å². The lowest BCUT2D eigenvalue weighted by molar-refractivity contribution is -0.303. The first kappa shape index (κ1) is 70.1. The van der Waals surface area contributed by atoms with E-state index in [4.69, 9.17) is 9.47 Å². The predicted molar refractivity (Wildman–Crippen MR) is 307 cm³/mol. The summed E-state index contributed by atoms with van der Waals surface area (Å²) in [6, 6.07) is -1.20. The predicted octanol–water partition coefficient (Wildman–Crippen LogP) is 13.6. The van der Waals surface area contributed by atoms with Crippen molar-refractivity contribution in [2.75, 3.05) is 13.2 Å². The molecule has 1 rings (SSSR count). The summed E-state index contributed by atoms with van der Waals surface area (Å²) in [7, 11) is 0.